The van der Waals surface area contributed by atoms with Crippen molar-refractivity contribution in [3.63, 3.8) is 0 Å². The Hall–Kier alpha value is -2.78. The van der Waals surface area contributed by atoms with Crippen LogP contribution in [-0.4, -0.2) is 19.1 Å². The molecule has 0 saturated carbocycles. The molecule has 2 aromatic rings. The van der Waals surface area contributed by atoms with Gasteiger partial charge in [-0.1, -0.05) is 28.1 Å². The number of hydrogen-bond acceptors (Lipinski definition) is 4. The molecule has 0 spiro atoms. The van der Waals surface area contributed by atoms with Gasteiger partial charge in [-0.15, -0.1) is 0 Å². The van der Waals surface area contributed by atoms with E-state index in [-0.39, 0.29) is 5.57 Å². The molecule has 0 atom stereocenters. The monoisotopic (exact) mass is 414 g/mol. The maximum absolute atomic E-state index is 12.4. The van der Waals surface area contributed by atoms with Crippen molar-refractivity contribution in [1.82, 2.24) is 0 Å². The van der Waals surface area contributed by atoms with Crippen molar-refractivity contribution < 1.29 is 14.3 Å². The van der Waals surface area contributed by atoms with Crippen LogP contribution >= 0.6 is 15.9 Å². The normalized spacial score (nSPS) is 10.8. The molecule has 5 nitrogen and oxygen atoms in total. The number of carbonyl (C=O) groups is 1. The summed E-state index contributed by atoms with van der Waals surface area (Å²) in [4.78, 5) is 12.4. The molecule has 0 aliphatic carbocycles. The first-order chi connectivity index (χ1) is 12.6. The number of anilines is 1. The number of nitriles is 1. The van der Waals surface area contributed by atoms with Gasteiger partial charge in [-0.25, -0.2) is 0 Å². The van der Waals surface area contributed by atoms with Crippen molar-refractivity contribution in [2.24, 2.45) is 0 Å². The molecule has 0 radical (unpaired) electrons. The van der Waals surface area contributed by atoms with Crippen molar-refractivity contribution in [1.29, 1.82) is 5.26 Å². The highest BCUT2D eigenvalue weighted by Crippen LogP contribution is 2.29. The number of nitrogens with one attached hydrogen (secondary N) is 1. The van der Waals surface area contributed by atoms with E-state index in [1.54, 1.807) is 36.4 Å². The van der Waals surface area contributed by atoms with Crippen LogP contribution in [0.5, 0.6) is 11.5 Å². The van der Waals surface area contributed by atoms with E-state index < -0.39 is 5.91 Å². The highest BCUT2D eigenvalue weighted by molar-refractivity contribution is 9.10. The SMILES string of the molecule is CCOc1ccc(/C=C(/C#N)C(=O)Nc2cccc(Br)c2)cc1OCC. The average Bonchev–Trinajstić information content (AvgIpc) is 2.62. The van der Waals surface area contributed by atoms with E-state index in [0.717, 1.165) is 4.47 Å². The Morgan fingerprint density at radius 2 is 1.88 bits per heavy atom. The second kappa shape index (κ2) is 9.64. The van der Waals surface area contributed by atoms with Crippen molar-refractivity contribution in [2.75, 3.05) is 18.5 Å². The molecule has 0 bridgehead atoms. The number of hydrogen-bond donors (Lipinski definition) is 1. The summed E-state index contributed by atoms with van der Waals surface area (Å²) in [5, 5.41) is 12.1. The van der Waals surface area contributed by atoms with Gasteiger partial charge in [0.1, 0.15) is 11.6 Å². The van der Waals surface area contributed by atoms with E-state index in [1.807, 2.05) is 26.0 Å². The van der Waals surface area contributed by atoms with Crippen molar-refractivity contribution >= 4 is 33.6 Å². The Balaban J connectivity index is 2.25. The van der Waals surface area contributed by atoms with E-state index in [1.165, 1.54) is 6.08 Å². The fourth-order valence-electron chi connectivity index (χ4n) is 2.24. The highest BCUT2D eigenvalue weighted by atomic mass is 79.9. The number of nitrogens with zero attached hydrogens (tertiary/aromatic N) is 1. The van der Waals surface area contributed by atoms with Gasteiger partial charge in [0.2, 0.25) is 0 Å². The Kier molecular flexibility index (Phi) is 7.24. The van der Waals surface area contributed by atoms with E-state index in [9.17, 15) is 10.1 Å². The van der Waals surface area contributed by atoms with Gasteiger partial charge in [-0.05, 0) is 55.8 Å². The van der Waals surface area contributed by atoms with Gasteiger partial charge in [0.05, 0.1) is 13.2 Å². The largest absolute Gasteiger partial charge is 0.490 e. The predicted molar refractivity (Wildman–Crippen MR) is 105 cm³/mol. The summed E-state index contributed by atoms with van der Waals surface area (Å²) in [6.07, 6.45) is 1.52. The third-order valence-electron chi connectivity index (χ3n) is 3.33. The number of benzene rings is 2. The Morgan fingerprint density at radius 1 is 1.15 bits per heavy atom. The number of rotatable bonds is 7. The van der Waals surface area contributed by atoms with E-state index in [2.05, 4.69) is 21.2 Å². The summed E-state index contributed by atoms with van der Waals surface area (Å²) >= 11 is 3.35. The third-order valence-corrected chi connectivity index (χ3v) is 3.82. The second-order valence-corrected chi connectivity index (χ2v) is 6.12. The molecule has 0 aliphatic heterocycles. The lowest BCUT2D eigenvalue weighted by molar-refractivity contribution is -0.112. The number of carbonyl (C=O) groups excluding carboxylic acids is 1. The molecular weight excluding hydrogens is 396 g/mol. The Bertz CT molecular complexity index is 856. The summed E-state index contributed by atoms with van der Waals surface area (Å²) < 4.78 is 11.9. The minimum atomic E-state index is -0.475. The van der Waals surface area contributed by atoms with Crippen LogP contribution in [0.1, 0.15) is 19.4 Å². The lowest BCUT2D eigenvalue weighted by Gasteiger charge is -2.11. The van der Waals surface area contributed by atoms with Gasteiger partial charge >= 0.3 is 0 Å². The van der Waals surface area contributed by atoms with Crippen molar-refractivity contribution in [3.05, 3.63) is 58.1 Å². The first kappa shape index (κ1) is 19.5. The topological polar surface area (TPSA) is 71.3 Å². The molecule has 134 valence electrons. The molecule has 1 N–H and O–H groups in total. The van der Waals surface area contributed by atoms with Crippen LogP contribution in [0.25, 0.3) is 6.08 Å². The van der Waals surface area contributed by atoms with Crippen LogP contribution in [0, 0.1) is 11.3 Å². The van der Waals surface area contributed by atoms with Crippen molar-refractivity contribution in [2.45, 2.75) is 13.8 Å². The lowest BCUT2D eigenvalue weighted by Crippen LogP contribution is -2.13. The van der Waals surface area contributed by atoms with Gasteiger partial charge < -0.3 is 14.8 Å². The summed E-state index contributed by atoms with van der Waals surface area (Å²) in [5.74, 6) is 0.730. The number of ether oxygens (including phenoxy) is 2. The summed E-state index contributed by atoms with van der Waals surface area (Å²) in [5.41, 5.74) is 1.28. The average molecular weight is 415 g/mol. The first-order valence-electron chi connectivity index (χ1n) is 8.15. The molecule has 0 saturated heterocycles. The van der Waals surface area contributed by atoms with Gasteiger partial charge in [-0.3, -0.25) is 4.79 Å². The molecule has 0 aromatic heterocycles. The van der Waals surface area contributed by atoms with Crippen molar-refractivity contribution in [3.8, 4) is 17.6 Å². The first-order valence-corrected chi connectivity index (χ1v) is 8.95. The van der Waals surface area contributed by atoms with E-state index in [0.29, 0.717) is 36.0 Å². The standard InChI is InChI=1S/C20H19BrN2O3/c1-3-25-18-9-8-14(11-19(18)26-4-2)10-15(13-22)20(24)23-17-7-5-6-16(21)12-17/h5-12H,3-4H2,1-2H3,(H,23,24)/b15-10-. The highest BCUT2D eigenvalue weighted by Gasteiger charge is 2.11. The van der Waals surface area contributed by atoms with Gasteiger partial charge in [0.25, 0.3) is 5.91 Å². The van der Waals surface area contributed by atoms with Crippen LogP contribution in [-0.2, 0) is 4.79 Å². The van der Waals surface area contributed by atoms with Gasteiger partial charge in [-0.2, -0.15) is 5.26 Å². The molecule has 26 heavy (non-hydrogen) atoms. The lowest BCUT2D eigenvalue weighted by atomic mass is 10.1. The smallest absolute Gasteiger partial charge is 0.266 e. The molecule has 0 aliphatic rings. The molecule has 2 aromatic carbocycles. The molecule has 2 rings (SSSR count). The molecule has 0 heterocycles. The van der Waals surface area contributed by atoms with Crippen LogP contribution in [0.2, 0.25) is 0 Å². The molecule has 1 amide bonds. The summed E-state index contributed by atoms with van der Waals surface area (Å²) in [6.45, 7) is 4.78. The summed E-state index contributed by atoms with van der Waals surface area (Å²) in [7, 11) is 0. The second-order valence-electron chi connectivity index (χ2n) is 5.21. The number of amides is 1. The minimum absolute atomic E-state index is 0.00316. The van der Waals surface area contributed by atoms with Crippen LogP contribution in [0.15, 0.2) is 52.5 Å². The van der Waals surface area contributed by atoms with E-state index >= 15 is 0 Å². The number of halogens is 1. The molecular formula is C20H19BrN2O3. The molecule has 0 unspecified atom stereocenters. The molecule has 0 fully saturated rings. The zero-order chi connectivity index (χ0) is 18.9. The van der Waals surface area contributed by atoms with Crippen LogP contribution < -0.4 is 14.8 Å². The Labute approximate surface area is 161 Å². The molecule has 6 heteroatoms. The zero-order valence-corrected chi connectivity index (χ0v) is 16.2. The van der Waals surface area contributed by atoms with Gasteiger partial charge in [0.15, 0.2) is 11.5 Å². The maximum Gasteiger partial charge on any atom is 0.266 e. The fraction of sp³-hybridized carbons (Fsp3) is 0.200. The predicted octanol–water partition coefficient (Wildman–Crippen LogP) is 4.79. The maximum atomic E-state index is 12.4. The summed E-state index contributed by atoms with van der Waals surface area (Å²) in [6, 6.07) is 14.4. The quantitative estimate of drug-likeness (QED) is 0.521. The van der Waals surface area contributed by atoms with Crippen LogP contribution in [0.3, 0.4) is 0 Å². The van der Waals surface area contributed by atoms with Crippen LogP contribution in [0.4, 0.5) is 5.69 Å². The fourth-order valence-corrected chi connectivity index (χ4v) is 2.64. The minimum Gasteiger partial charge on any atom is -0.490 e. The Morgan fingerprint density at radius 3 is 2.54 bits per heavy atom. The zero-order valence-electron chi connectivity index (χ0n) is 14.6. The third kappa shape index (κ3) is 5.36. The van der Waals surface area contributed by atoms with E-state index in [4.69, 9.17) is 9.47 Å². The van der Waals surface area contributed by atoms with Gasteiger partial charge in [0, 0.05) is 10.2 Å².